The fourth-order valence-electron chi connectivity index (χ4n) is 3.78. The van der Waals surface area contributed by atoms with Crippen molar-refractivity contribution in [3.8, 4) is 5.75 Å². The normalized spacial score (nSPS) is 13.2. The predicted octanol–water partition coefficient (Wildman–Crippen LogP) is 4.44. The van der Waals surface area contributed by atoms with Crippen molar-refractivity contribution < 1.29 is 14.3 Å². The van der Waals surface area contributed by atoms with Gasteiger partial charge in [0, 0.05) is 53.7 Å². The summed E-state index contributed by atoms with van der Waals surface area (Å²) in [4.78, 5) is 29.2. The third kappa shape index (κ3) is 6.29. The zero-order valence-corrected chi connectivity index (χ0v) is 20.7. The van der Waals surface area contributed by atoms with Crippen LogP contribution in [-0.4, -0.2) is 55.1 Å². The van der Waals surface area contributed by atoms with Crippen molar-refractivity contribution in [1.82, 2.24) is 10.2 Å². The van der Waals surface area contributed by atoms with Gasteiger partial charge in [-0.05, 0) is 85.0 Å². The van der Waals surface area contributed by atoms with Crippen LogP contribution < -0.4 is 20.3 Å². The van der Waals surface area contributed by atoms with Gasteiger partial charge in [0.2, 0.25) is 0 Å². The van der Waals surface area contributed by atoms with Crippen molar-refractivity contribution >= 4 is 52.1 Å². The van der Waals surface area contributed by atoms with Gasteiger partial charge in [-0.25, -0.2) is 0 Å². The molecule has 3 aromatic carbocycles. The van der Waals surface area contributed by atoms with E-state index in [2.05, 4.69) is 15.5 Å². The highest BCUT2D eigenvalue weighted by atomic mass is 35.5. The van der Waals surface area contributed by atoms with E-state index in [1.807, 2.05) is 29.2 Å². The van der Waals surface area contributed by atoms with E-state index in [1.54, 1.807) is 55.6 Å². The standard InChI is InChI=1S/C26H25ClN4O3S/c1-34-23-12-4-18(5-13-23)24(32)29-26(35)28-21-8-10-22(11-9-21)30-14-16-31(17-15-30)25(33)19-2-6-20(27)7-3-19/h2-13H,14-17H2,1H3,(H2,28,29,32,35). The lowest BCUT2D eigenvalue weighted by Crippen LogP contribution is -2.48. The molecule has 0 saturated carbocycles. The number of nitrogens with one attached hydrogen (secondary N) is 2. The summed E-state index contributed by atoms with van der Waals surface area (Å²) in [6.45, 7) is 2.76. The summed E-state index contributed by atoms with van der Waals surface area (Å²) in [5.74, 6) is 0.399. The molecule has 0 unspecified atom stereocenters. The summed E-state index contributed by atoms with van der Waals surface area (Å²) < 4.78 is 5.11. The summed E-state index contributed by atoms with van der Waals surface area (Å²) >= 11 is 11.2. The molecule has 35 heavy (non-hydrogen) atoms. The zero-order chi connectivity index (χ0) is 24.8. The van der Waals surface area contributed by atoms with E-state index >= 15 is 0 Å². The van der Waals surface area contributed by atoms with Crippen molar-refractivity contribution in [2.24, 2.45) is 0 Å². The second-order valence-corrected chi connectivity index (χ2v) is 8.81. The average Bonchev–Trinajstić information content (AvgIpc) is 2.89. The van der Waals surface area contributed by atoms with Gasteiger partial charge in [-0.15, -0.1) is 0 Å². The number of rotatable bonds is 5. The number of amides is 2. The Balaban J connectivity index is 1.27. The smallest absolute Gasteiger partial charge is 0.257 e. The largest absolute Gasteiger partial charge is 0.497 e. The molecule has 0 aliphatic carbocycles. The quantitative estimate of drug-likeness (QED) is 0.496. The number of ether oxygens (including phenoxy) is 1. The van der Waals surface area contributed by atoms with E-state index in [4.69, 9.17) is 28.6 Å². The lowest BCUT2D eigenvalue weighted by atomic mass is 10.1. The molecular formula is C26H25ClN4O3S. The van der Waals surface area contributed by atoms with Crippen molar-refractivity contribution in [1.29, 1.82) is 0 Å². The molecule has 0 aromatic heterocycles. The van der Waals surface area contributed by atoms with Crippen molar-refractivity contribution in [2.75, 3.05) is 43.5 Å². The molecule has 0 spiro atoms. The molecule has 0 bridgehead atoms. The number of piperazine rings is 1. The van der Waals surface area contributed by atoms with E-state index < -0.39 is 0 Å². The maximum absolute atomic E-state index is 12.7. The first-order valence-corrected chi connectivity index (χ1v) is 11.9. The number of thiocarbonyl (C=S) groups is 1. The van der Waals surface area contributed by atoms with Crippen LogP contribution >= 0.6 is 23.8 Å². The molecule has 4 rings (SSSR count). The Kier molecular flexibility index (Phi) is 7.84. The lowest BCUT2D eigenvalue weighted by Gasteiger charge is -2.36. The number of methoxy groups -OCH3 is 1. The zero-order valence-electron chi connectivity index (χ0n) is 19.2. The van der Waals surface area contributed by atoms with E-state index in [1.165, 1.54) is 0 Å². The van der Waals surface area contributed by atoms with E-state index in [-0.39, 0.29) is 16.9 Å². The average molecular weight is 509 g/mol. The van der Waals surface area contributed by atoms with E-state index in [0.29, 0.717) is 35.0 Å². The van der Waals surface area contributed by atoms with E-state index in [0.717, 1.165) is 24.5 Å². The van der Waals surface area contributed by atoms with Gasteiger partial charge < -0.3 is 19.9 Å². The number of benzene rings is 3. The molecule has 0 atom stereocenters. The molecule has 1 heterocycles. The highest BCUT2D eigenvalue weighted by molar-refractivity contribution is 7.80. The highest BCUT2D eigenvalue weighted by Gasteiger charge is 2.22. The number of anilines is 2. The van der Waals surface area contributed by atoms with Crippen LogP contribution in [0.1, 0.15) is 20.7 Å². The van der Waals surface area contributed by atoms with Crippen LogP contribution in [0.15, 0.2) is 72.8 Å². The van der Waals surface area contributed by atoms with Gasteiger partial charge in [-0.3, -0.25) is 14.9 Å². The molecule has 9 heteroatoms. The summed E-state index contributed by atoms with van der Waals surface area (Å²) in [6.07, 6.45) is 0. The van der Waals surface area contributed by atoms with Gasteiger partial charge in [-0.1, -0.05) is 11.6 Å². The van der Waals surface area contributed by atoms with Crippen LogP contribution in [0.3, 0.4) is 0 Å². The summed E-state index contributed by atoms with van der Waals surface area (Å²) in [5, 5.41) is 6.54. The van der Waals surface area contributed by atoms with Gasteiger partial charge in [0.15, 0.2) is 5.11 Å². The molecule has 3 aromatic rings. The summed E-state index contributed by atoms with van der Waals surface area (Å²) in [6, 6.07) is 21.6. The van der Waals surface area contributed by atoms with Gasteiger partial charge in [0.25, 0.3) is 11.8 Å². The van der Waals surface area contributed by atoms with Crippen LogP contribution in [-0.2, 0) is 0 Å². The maximum atomic E-state index is 12.7. The minimum absolute atomic E-state index is 0.0195. The predicted molar refractivity (Wildman–Crippen MR) is 143 cm³/mol. The first-order chi connectivity index (χ1) is 16.9. The Morgan fingerprint density at radius 3 is 2.06 bits per heavy atom. The second kappa shape index (κ2) is 11.2. The molecule has 1 aliphatic heterocycles. The number of halogens is 1. The van der Waals surface area contributed by atoms with Crippen molar-refractivity contribution in [3.05, 3.63) is 88.9 Å². The van der Waals surface area contributed by atoms with Crippen LogP contribution in [0.2, 0.25) is 5.02 Å². The van der Waals surface area contributed by atoms with Gasteiger partial charge in [0.1, 0.15) is 5.75 Å². The number of hydrogen-bond acceptors (Lipinski definition) is 5. The molecular weight excluding hydrogens is 484 g/mol. The lowest BCUT2D eigenvalue weighted by molar-refractivity contribution is 0.0746. The SMILES string of the molecule is COc1ccc(C(=O)NC(=S)Nc2ccc(N3CCN(C(=O)c4ccc(Cl)cc4)CC3)cc2)cc1. The Labute approximate surface area is 214 Å². The Bertz CT molecular complexity index is 1190. The Morgan fingerprint density at radius 2 is 1.46 bits per heavy atom. The fraction of sp³-hybridized carbons (Fsp3) is 0.192. The van der Waals surface area contributed by atoms with Crippen LogP contribution in [0.25, 0.3) is 0 Å². The molecule has 0 radical (unpaired) electrons. The topological polar surface area (TPSA) is 73.9 Å². The number of carbonyl (C=O) groups excluding carboxylic acids is 2. The molecule has 180 valence electrons. The third-order valence-corrected chi connectivity index (χ3v) is 6.18. The molecule has 1 aliphatic rings. The maximum Gasteiger partial charge on any atom is 0.257 e. The monoisotopic (exact) mass is 508 g/mol. The minimum atomic E-state index is -0.298. The van der Waals surface area contributed by atoms with Crippen LogP contribution in [0, 0.1) is 0 Å². The third-order valence-electron chi connectivity index (χ3n) is 5.73. The summed E-state index contributed by atoms with van der Waals surface area (Å²) in [5.41, 5.74) is 2.96. The van der Waals surface area contributed by atoms with Gasteiger partial charge in [-0.2, -0.15) is 0 Å². The van der Waals surface area contributed by atoms with Crippen molar-refractivity contribution in [2.45, 2.75) is 0 Å². The number of nitrogens with zero attached hydrogens (tertiary/aromatic N) is 2. The Morgan fingerprint density at radius 1 is 0.857 bits per heavy atom. The first-order valence-electron chi connectivity index (χ1n) is 11.1. The number of hydrogen-bond donors (Lipinski definition) is 2. The highest BCUT2D eigenvalue weighted by Crippen LogP contribution is 2.21. The minimum Gasteiger partial charge on any atom is -0.497 e. The van der Waals surface area contributed by atoms with E-state index in [9.17, 15) is 9.59 Å². The molecule has 1 saturated heterocycles. The van der Waals surface area contributed by atoms with Gasteiger partial charge in [0.05, 0.1) is 7.11 Å². The molecule has 2 N–H and O–H groups in total. The second-order valence-electron chi connectivity index (χ2n) is 7.97. The van der Waals surface area contributed by atoms with Crippen LogP contribution in [0.4, 0.5) is 11.4 Å². The van der Waals surface area contributed by atoms with Crippen molar-refractivity contribution in [3.63, 3.8) is 0 Å². The van der Waals surface area contributed by atoms with Crippen LogP contribution in [0.5, 0.6) is 5.75 Å². The molecule has 1 fully saturated rings. The molecule has 7 nitrogen and oxygen atoms in total. The Hall–Kier alpha value is -3.62. The molecule has 2 amide bonds. The number of carbonyl (C=O) groups is 2. The fourth-order valence-corrected chi connectivity index (χ4v) is 4.11. The first kappa shape index (κ1) is 24.5. The van der Waals surface area contributed by atoms with Gasteiger partial charge >= 0.3 is 0 Å². The summed E-state index contributed by atoms with van der Waals surface area (Å²) in [7, 11) is 1.57.